The summed E-state index contributed by atoms with van der Waals surface area (Å²) < 4.78 is 5.46. The van der Waals surface area contributed by atoms with E-state index >= 15 is 0 Å². The molecule has 1 aromatic heterocycles. The Morgan fingerprint density at radius 1 is 1.59 bits per heavy atom. The molecule has 5 nitrogen and oxygen atoms in total. The lowest BCUT2D eigenvalue weighted by atomic mass is 10.3. The number of oxazole rings is 1. The molecule has 6 heteroatoms. The lowest BCUT2D eigenvalue weighted by Crippen LogP contribution is -2.14. The zero-order valence-corrected chi connectivity index (χ0v) is 9.85. The largest absolute Gasteiger partial charge is 0.431 e. The zero-order chi connectivity index (χ0) is 12.3. The Balaban J connectivity index is 2.18. The summed E-state index contributed by atoms with van der Waals surface area (Å²) >= 11 is 1.19. The summed E-state index contributed by atoms with van der Waals surface area (Å²) in [4.78, 5) is 18.3. The lowest BCUT2D eigenvalue weighted by Gasteiger charge is -1.99. The van der Waals surface area contributed by atoms with Gasteiger partial charge in [0.15, 0.2) is 5.58 Å². The number of aromatic nitrogens is 1. The molecule has 2 aromatic rings. The predicted molar refractivity (Wildman–Crippen MR) is 64.0 cm³/mol. The molecule has 1 atom stereocenters. The van der Waals surface area contributed by atoms with Gasteiger partial charge in [-0.1, -0.05) is 23.9 Å². The molecule has 0 saturated heterocycles. The van der Waals surface area contributed by atoms with Gasteiger partial charge in [-0.05, 0) is 19.1 Å². The van der Waals surface area contributed by atoms with Gasteiger partial charge in [-0.2, -0.15) is 4.79 Å². The summed E-state index contributed by atoms with van der Waals surface area (Å²) in [5.41, 5.74) is 9.71. The second kappa shape index (κ2) is 4.95. The van der Waals surface area contributed by atoms with Crippen molar-refractivity contribution in [1.29, 1.82) is 0 Å². The van der Waals surface area contributed by atoms with Crippen LogP contribution in [0.15, 0.2) is 33.9 Å². The first-order valence-electron chi connectivity index (χ1n) is 4.94. The highest BCUT2D eigenvalue weighted by atomic mass is 32.2. The van der Waals surface area contributed by atoms with Crippen LogP contribution in [0.3, 0.4) is 0 Å². The number of Topliss-reactive ketones (excluding diaryl/α,β-unsaturated/α-hetero) is 1. The lowest BCUT2D eigenvalue weighted by molar-refractivity contribution is -0.115. The summed E-state index contributed by atoms with van der Waals surface area (Å²) in [6.07, 6.45) is 0.875. The molecular formula is C11H9N3O2S. The van der Waals surface area contributed by atoms with Gasteiger partial charge in [-0.25, -0.2) is 4.98 Å². The molecule has 0 spiro atoms. The molecule has 0 aliphatic rings. The van der Waals surface area contributed by atoms with Crippen LogP contribution in [0, 0.1) is 0 Å². The molecule has 0 aliphatic heterocycles. The third-order valence-electron chi connectivity index (χ3n) is 2.14. The minimum atomic E-state index is -0.404. The van der Waals surface area contributed by atoms with Crippen molar-refractivity contribution in [3.63, 3.8) is 0 Å². The first kappa shape index (κ1) is 11.6. The number of carbonyl (C=O) groups excluding carboxylic acids is 1. The molecule has 17 heavy (non-hydrogen) atoms. The number of ketones is 1. The van der Waals surface area contributed by atoms with Crippen molar-refractivity contribution in [2.24, 2.45) is 0 Å². The topological polar surface area (TPSA) is 79.5 Å². The molecule has 0 saturated carbocycles. The molecule has 1 heterocycles. The van der Waals surface area contributed by atoms with Gasteiger partial charge < -0.3 is 9.95 Å². The Kier molecular flexibility index (Phi) is 3.37. The minimum Gasteiger partial charge on any atom is -0.431 e. The van der Waals surface area contributed by atoms with E-state index in [4.69, 9.17) is 9.95 Å². The number of fused-ring (bicyclic) bond motifs is 1. The van der Waals surface area contributed by atoms with Crippen molar-refractivity contribution < 1.29 is 14.0 Å². The number of para-hydroxylation sites is 2. The number of hydrogen-bond donors (Lipinski definition) is 0. The van der Waals surface area contributed by atoms with Gasteiger partial charge in [0, 0.05) is 0 Å². The van der Waals surface area contributed by atoms with Crippen molar-refractivity contribution >= 4 is 34.9 Å². The second-order valence-corrected chi connectivity index (χ2v) is 4.65. The van der Waals surface area contributed by atoms with E-state index in [0.29, 0.717) is 10.8 Å². The molecule has 1 aromatic carbocycles. The van der Waals surface area contributed by atoms with Crippen molar-refractivity contribution in [1.82, 2.24) is 4.98 Å². The van der Waals surface area contributed by atoms with Crippen LogP contribution in [0.1, 0.15) is 6.92 Å². The van der Waals surface area contributed by atoms with Crippen LogP contribution >= 0.6 is 11.8 Å². The van der Waals surface area contributed by atoms with Gasteiger partial charge in [0.1, 0.15) is 5.52 Å². The smallest absolute Gasteiger partial charge is 0.324 e. The van der Waals surface area contributed by atoms with Gasteiger partial charge in [0.25, 0.3) is 5.22 Å². The predicted octanol–water partition coefficient (Wildman–Crippen LogP) is 2.18. The summed E-state index contributed by atoms with van der Waals surface area (Å²) in [7, 11) is 0. The SMILES string of the molecule is CC(Sc1nc2ccccc2o1)C(=O)C=[N+]=[N-]. The second-order valence-electron chi connectivity index (χ2n) is 3.35. The molecule has 1 unspecified atom stereocenters. The molecular weight excluding hydrogens is 238 g/mol. The van der Waals surface area contributed by atoms with Crippen molar-refractivity contribution in [2.45, 2.75) is 17.4 Å². The average molecular weight is 247 g/mol. The molecule has 86 valence electrons. The molecule has 0 N–H and O–H groups in total. The quantitative estimate of drug-likeness (QED) is 0.359. The van der Waals surface area contributed by atoms with Crippen LogP contribution < -0.4 is 0 Å². The van der Waals surface area contributed by atoms with E-state index in [1.807, 2.05) is 24.3 Å². The fourth-order valence-corrected chi connectivity index (χ4v) is 2.04. The van der Waals surface area contributed by atoms with E-state index < -0.39 is 5.25 Å². The number of nitrogens with zero attached hydrogens (tertiary/aromatic N) is 3. The van der Waals surface area contributed by atoms with E-state index in [2.05, 4.69) is 9.77 Å². The maximum atomic E-state index is 11.4. The van der Waals surface area contributed by atoms with Gasteiger partial charge in [0.2, 0.25) is 5.78 Å². The fraction of sp³-hybridized carbons (Fsp3) is 0.182. The Bertz CT molecular complexity index is 569. The van der Waals surface area contributed by atoms with E-state index in [-0.39, 0.29) is 5.78 Å². The number of carbonyl (C=O) groups is 1. The highest BCUT2D eigenvalue weighted by molar-refractivity contribution is 8.00. The molecule has 0 amide bonds. The van der Waals surface area contributed by atoms with Crippen molar-refractivity contribution in [3.05, 3.63) is 29.8 Å². The van der Waals surface area contributed by atoms with Crippen LogP contribution in [-0.4, -0.2) is 27.0 Å². The van der Waals surface area contributed by atoms with Gasteiger partial charge >= 0.3 is 6.21 Å². The Morgan fingerprint density at radius 3 is 3.06 bits per heavy atom. The summed E-state index contributed by atoms with van der Waals surface area (Å²) in [6, 6.07) is 7.37. The van der Waals surface area contributed by atoms with Crippen molar-refractivity contribution in [2.75, 3.05) is 0 Å². The van der Waals surface area contributed by atoms with Gasteiger partial charge in [0.05, 0.1) is 5.25 Å². The highest BCUT2D eigenvalue weighted by Gasteiger charge is 2.18. The molecule has 0 radical (unpaired) electrons. The minimum absolute atomic E-state index is 0.292. The number of benzene rings is 1. The highest BCUT2D eigenvalue weighted by Crippen LogP contribution is 2.26. The maximum absolute atomic E-state index is 11.4. The summed E-state index contributed by atoms with van der Waals surface area (Å²) in [5, 5.41) is 0.0253. The normalized spacial score (nSPS) is 12.1. The number of rotatable bonds is 4. The number of thioether (sulfide) groups is 1. The van der Waals surface area contributed by atoms with Crippen LogP contribution in [-0.2, 0) is 4.79 Å². The summed E-state index contributed by atoms with van der Waals surface area (Å²) in [6.45, 7) is 1.70. The molecule has 0 aliphatic carbocycles. The zero-order valence-electron chi connectivity index (χ0n) is 9.03. The van der Waals surface area contributed by atoms with E-state index in [1.54, 1.807) is 6.92 Å². The average Bonchev–Trinajstić information content (AvgIpc) is 2.71. The Morgan fingerprint density at radius 2 is 2.35 bits per heavy atom. The molecule has 0 fully saturated rings. The third-order valence-corrected chi connectivity index (χ3v) is 3.10. The van der Waals surface area contributed by atoms with E-state index in [0.717, 1.165) is 11.7 Å². The van der Waals surface area contributed by atoms with Crippen molar-refractivity contribution in [3.8, 4) is 0 Å². The van der Waals surface area contributed by atoms with E-state index in [9.17, 15) is 4.79 Å². The summed E-state index contributed by atoms with van der Waals surface area (Å²) in [5.74, 6) is -0.292. The standard InChI is InChI=1S/C11H9N3O2S/c1-7(9(15)6-13-12)17-11-14-8-4-2-3-5-10(8)16-11/h2-7H,1H3. The maximum Gasteiger partial charge on any atom is 0.324 e. The first-order valence-corrected chi connectivity index (χ1v) is 5.82. The van der Waals surface area contributed by atoms with Gasteiger partial charge in [-0.3, -0.25) is 4.79 Å². The molecule has 0 bridgehead atoms. The third kappa shape index (κ3) is 2.61. The van der Waals surface area contributed by atoms with Crippen LogP contribution in [0.4, 0.5) is 0 Å². The van der Waals surface area contributed by atoms with E-state index in [1.165, 1.54) is 11.8 Å². The Hall–Kier alpha value is -1.91. The van der Waals surface area contributed by atoms with Crippen LogP contribution in [0.25, 0.3) is 16.6 Å². The van der Waals surface area contributed by atoms with Crippen LogP contribution in [0.5, 0.6) is 0 Å². The number of hydrogen-bond acceptors (Lipinski definition) is 4. The Labute approximate surface area is 101 Å². The monoisotopic (exact) mass is 247 g/mol. The van der Waals surface area contributed by atoms with Gasteiger partial charge in [-0.15, -0.1) is 0 Å². The molecule has 2 rings (SSSR count). The fourth-order valence-electron chi connectivity index (χ4n) is 1.27. The van der Waals surface area contributed by atoms with Crippen LogP contribution in [0.2, 0.25) is 0 Å². The first-order chi connectivity index (χ1) is 8.20.